The third kappa shape index (κ3) is 4.16. The number of sulfonamides is 1. The molecule has 3 rings (SSSR count). The van der Waals surface area contributed by atoms with E-state index < -0.39 is 21.4 Å². The van der Waals surface area contributed by atoms with Gasteiger partial charge in [-0.05, 0) is 43.9 Å². The minimum Gasteiger partial charge on any atom is -0.393 e. The largest absolute Gasteiger partial charge is 0.393 e. The molecule has 2 aliphatic rings. The van der Waals surface area contributed by atoms with Gasteiger partial charge in [-0.1, -0.05) is 17.7 Å². The number of benzene rings is 1. The summed E-state index contributed by atoms with van der Waals surface area (Å²) in [7, 11) is -3.46. The van der Waals surface area contributed by atoms with Crippen molar-refractivity contribution in [1.82, 2.24) is 9.21 Å². The number of halogens is 1. The molecular weight excluding hydrogens is 364 g/mol. The lowest BCUT2D eigenvalue weighted by molar-refractivity contribution is 0.0724. The van der Waals surface area contributed by atoms with Crippen molar-refractivity contribution in [2.45, 2.75) is 37.0 Å². The van der Waals surface area contributed by atoms with Gasteiger partial charge in [0.1, 0.15) is 0 Å². The van der Waals surface area contributed by atoms with E-state index in [0.29, 0.717) is 55.9 Å². The number of aliphatic hydroxyl groups excluding tert-OH is 1. The Morgan fingerprint density at radius 1 is 1.16 bits per heavy atom. The van der Waals surface area contributed by atoms with Gasteiger partial charge in [-0.15, -0.1) is 0 Å². The molecule has 2 saturated heterocycles. The van der Waals surface area contributed by atoms with Crippen molar-refractivity contribution in [2.24, 2.45) is 0 Å². The molecule has 1 atom stereocenters. The highest BCUT2D eigenvalue weighted by atomic mass is 35.5. The molecular formula is C17H23ClN2O4S. The van der Waals surface area contributed by atoms with Gasteiger partial charge in [0.05, 0.1) is 11.4 Å². The molecule has 2 heterocycles. The van der Waals surface area contributed by atoms with Crippen molar-refractivity contribution in [3.63, 3.8) is 0 Å². The molecule has 138 valence electrons. The number of aliphatic hydroxyl groups is 1. The summed E-state index contributed by atoms with van der Waals surface area (Å²) in [6, 6.07) is 6.71. The predicted molar refractivity (Wildman–Crippen MR) is 96.1 cm³/mol. The summed E-state index contributed by atoms with van der Waals surface area (Å²) < 4.78 is 27.3. The van der Waals surface area contributed by atoms with Crippen LogP contribution in [0, 0.1) is 0 Å². The van der Waals surface area contributed by atoms with Gasteiger partial charge < -0.3 is 10.0 Å². The lowest BCUT2D eigenvalue weighted by Gasteiger charge is -2.37. The molecule has 6 nitrogen and oxygen atoms in total. The van der Waals surface area contributed by atoms with E-state index in [4.69, 9.17) is 11.6 Å². The lowest BCUT2D eigenvalue weighted by atomic mass is 10.1. The maximum absolute atomic E-state index is 12.9. The van der Waals surface area contributed by atoms with Crippen LogP contribution < -0.4 is 0 Å². The van der Waals surface area contributed by atoms with Gasteiger partial charge in [0.25, 0.3) is 5.91 Å². The number of amides is 1. The van der Waals surface area contributed by atoms with E-state index in [1.807, 2.05) is 0 Å². The van der Waals surface area contributed by atoms with Crippen LogP contribution >= 0.6 is 11.6 Å². The Hall–Kier alpha value is -1.15. The summed E-state index contributed by atoms with van der Waals surface area (Å²) in [6.45, 7) is 1.45. The number of hydrogen-bond acceptors (Lipinski definition) is 4. The molecule has 0 saturated carbocycles. The quantitative estimate of drug-likeness (QED) is 0.858. The predicted octanol–water partition coefficient (Wildman–Crippen LogP) is 1.73. The van der Waals surface area contributed by atoms with Crippen LogP contribution in [0.15, 0.2) is 24.3 Å². The standard InChI is InChI=1S/C17H23ClN2O4S/c18-14-4-1-3-13(11-14)17(22)19-8-2-5-16(12-19)25(23,24)20-9-6-15(21)7-10-20/h1,3-4,11,15-16,21H,2,5-10,12H2. The monoisotopic (exact) mass is 386 g/mol. The smallest absolute Gasteiger partial charge is 0.253 e. The molecule has 0 bridgehead atoms. The van der Waals surface area contributed by atoms with Crippen molar-refractivity contribution in [2.75, 3.05) is 26.2 Å². The number of rotatable bonds is 3. The summed E-state index contributed by atoms with van der Waals surface area (Å²) in [5.41, 5.74) is 0.478. The topological polar surface area (TPSA) is 77.9 Å². The third-order valence-corrected chi connectivity index (χ3v) is 7.49. The van der Waals surface area contributed by atoms with Crippen molar-refractivity contribution >= 4 is 27.5 Å². The summed E-state index contributed by atoms with van der Waals surface area (Å²) in [4.78, 5) is 14.3. The summed E-state index contributed by atoms with van der Waals surface area (Å²) in [5, 5.41) is 9.48. The molecule has 0 radical (unpaired) electrons. The van der Waals surface area contributed by atoms with E-state index in [0.717, 1.165) is 0 Å². The van der Waals surface area contributed by atoms with Crippen LogP contribution in [0.25, 0.3) is 0 Å². The SMILES string of the molecule is O=C(c1cccc(Cl)c1)N1CCCC(S(=O)(=O)N2CCC(O)CC2)C1. The third-order valence-electron chi connectivity index (χ3n) is 4.94. The molecule has 0 spiro atoms. The second-order valence-electron chi connectivity index (χ2n) is 6.70. The normalized spacial score (nSPS) is 23.6. The first-order chi connectivity index (χ1) is 11.9. The van der Waals surface area contributed by atoms with Crippen LogP contribution in [-0.2, 0) is 10.0 Å². The molecule has 0 aliphatic carbocycles. The van der Waals surface area contributed by atoms with Crippen LogP contribution in [0.3, 0.4) is 0 Å². The average molecular weight is 387 g/mol. The number of piperidine rings is 2. The number of carbonyl (C=O) groups excluding carboxylic acids is 1. The van der Waals surface area contributed by atoms with E-state index in [-0.39, 0.29) is 12.5 Å². The fourth-order valence-electron chi connectivity index (χ4n) is 3.48. The molecule has 1 aromatic rings. The van der Waals surface area contributed by atoms with Gasteiger partial charge in [0, 0.05) is 36.8 Å². The van der Waals surface area contributed by atoms with Crippen molar-refractivity contribution < 1.29 is 18.3 Å². The Balaban J connectivity index is 1.71. The zero-order valence-electron chi connectivity index (χ0n) is 14.0. The van der Waals surface area contributed by atoms with Crippen molar-refractivity contribution in [3.8, 4) is 0 Å². The van der Waals surface area contributed by atoms with E-state index in [1.165, 1.54) is 4.31 Å². The summed E-state index contributed by atoms with van der Waals surface area (Å²) in [5.74, 6) is -0.184. The van der Waals surface area contributed by atoms with Crippen molar-refractivity contribution in [1.29, 1.82) is 0 Å². The minimum absolute atomic E-state index is 0.184. The first kappa shape index (κ1) is 18.6. The maximum atomic E-state index is 12.9. The molecule has 1 unspecified atom stereocenters. The van der Waals surface area contributed by atoms with Gasteiger partial charge in [-0.2, -0.15) is 0 Å². The van der Waals surface area contributed by atoms with Crippen LogP contribution in [0.4, 0.5) is 0 Å². The molecule has 1 amide bonds. The van der Waals surface area contributed by atoms with E-state index in [2.05, 4.69) is 0 Å². The number of hydrogen-bond donors (Lipinski definition) is 1. The fraction of sp³-hybridized carbons (Fsp3) is 0.588. The highest BCUT2D eigenvalue weighted by Gasteiger charge is 2.38. The van der Waals surface area contributed by atoms with Gasteiger partial charge in [0.15, 0.2) is 0 Å². The summed E-state index contributed by atoms with van der Waals surface area (Å²) in [6.07, 6.45) is 1.74. The van der Waals surface area contributed by atoms with E-state index in [9.17, 15) is 18.3 Å². The Labute approximate surface area is 153 Å². The molecule has 1 N–H and O–H groups in total. The molecule has 2 fully saturated rings. The zero-order chi connectivity index (χ0) is 18.0. The Morgan fingerprint density at radius 2 is 1.88 bits per heavy atom. The second kappa shape index (κ2) is 7.61. The van der Waals surface area contributed by atoms with Crippen LogP contribution in [0.1, 0.15) is 36.0 Å². The molecule has 0 aromatic heterocycles. The molecule has 25 heavy (non-hydrogen) atoms. The number of carbonyl (C=O) groups is 1. The first-order valence-electron chi connectivity index (χ1n) is 8.60. The van der Waals surface area contributed by atoms with Gasteiger partial charge in [-0.25, -0.2) is 12.7 Å². The maximum Gasteiger partial charge on any atom is 0.253 e. The molecule has 1 aromatic carbocycles. The molecule has 2 aliphatic heterocycles. The highest BCUT2D eigenvalue weighted by Crippen LogP contribution is 2.25. The highest BCUT2D eigenvalue weighted by molar-refractivity contribution is 7.89. The Bertz CT molecular complexity index is 732. The summed E-state index contributed by atoms with van der Waals surface area (Å²) >= 11 is 5.95. The Kier molecular flexibility index (Phi) is 5.68. The number of nitrogens with zero attached hydrogens (tertiary/aromatic N) is 2. The van der Waals surface area contributed by atoms with Crippen LogP contribution in [-0.4, -0.2) is 66.2 Å². The second-order valence-corrected chi connectivity index (χ2v) is 9.35. The molecule has 8 heteroatoms. The van der Waals surface area contributed by atoms with Crippen LogP contribution in [0.5, 0.6) is 0 Å². The van der Waals surface area contributed by atoms with E-state index >= 15 is 0 Å². The van der Waals surface area contributed by atoms with Crippen LogP contribution in [0.2, 0.25) is 5.02 Å². The zero-order valence-corrected chi connectivity index (χ0v) is 15.5. The first-order valence-corrected chi connectivity index (χ1v) is 10.5. The lowest BCUT2D eigenvalue weighted by Crippen LogP contribution is -2.51. The fourth-order valence-corrected chi connectivity index (χ4v) is 5.64. The minimum atomic E-state index is -3.46. The van der Waals surface area contributed by atoms with Crippen molar-refractivity contribution in [3.05, 3.63) is 34.9 Å². The van der Waals surface area contributed by atoms with E-state index in [1.54, 1.807) is 29.2 Å². The number of likely N-dealkylation sites (tertiary alicyclic amines) is 1. The van der Waals surface area contributed by atoms with Gasteiger partial charge in [0.2, 0.25) is 10.0 Å². The van der Waals surface area contributed by atoms with Gasteiger partial charge >= 0.3 is 0 Å². The van der Waals surface area contributed by atoms with Gasteiger partial charge in [-0.3, -0.25) is 4.79 Å². The average Bonchev–Trinajstić information content (AvgIpc) is 2.61. The Morgan fingerprint density at radius 3 is 2.56 bits per heavy atom.